The number of cyclic esters (lactones) is 1. The molecule has 0 amide bonds. The molecule has 1 aromatic rings. The van der Waals surface area contributed by atoms with E-state index in [0.29, 0.717) is 0 Å². The molecule has 0 saturated carbocycles. The van der Waals surface area contributed by atoms with Crippen LogP contribution in [0, 0.1) is 12.8 Å². The first-order valence-electron chi connectivity index (χ1n) is 6.20. The first-order valence-corrected chi connectivity index (χ1v) is 6.20. The van der Waals surface area contributed by atoms with Crippen LogP contribution in [-0.4, -0.2) is 17.5 Å². The van der Waals surface area contributed by atoms with Crippen molar-refractivity contribution in [1.29, 1.82) is 0 Å². The molecule has 1 atom stereocenters. The van der Waals surface area contributed by atoms with Crippen molar-refractivity contribution in [2.75, 3.05) is 0 Å². The van der Waals surface area contributed by atoms with Crippen LogP contribution in [-0.2, 0) is 19.1 Å². The number of carbonyl (C=O) groups excluding carboxylic acids is 3. The minimum Gasteiger partial charge on any atom is -0.430 e. The summed E-state index contributed by atoms with van der Waals surface area (Å²) in [6.45, 7) is 3.41. The molecular formula is C16H14O4. The van der Waals surface area contributed by atoms with Gasteiger partial charge in [0.2, 0.25) is 0 Å². The SMILES string of the molecule is CC1=CC(=O)C(C(=O)C=Cc2ccccc2C)C(=O)O1. The van der Waals surface area contributed by atoms with Crippen molar-refractivity contribution in [3.8, 4) is 0 Å². The molecule has 1 unspecified atom stereocenters. The van der Waals surface area contributed by atoms with Gasteiger partial charge in [-0.15, -0.1) is 0 Å². The number of benzene rings is 1. The number of ether oxygens (including phenoxy) is 1. The topological polar surface area (TPSA) is 60.4 Å². The van der Waals surface area contributed by atoms with E-state index >= 15 is 0 Å². The van der Waals surface area contributed by atoms with E-state index in [-0.39, 0.29) is 5.76 Å². The first-order chi connectivity index (χ1) is 9.49. The lowest BCUT2D eigenvalue weighted by Gasteiger charge is -2.15. The zero-order valence-corrected chi connectivity index (χ0v) is 11.3. The smallest absolute Gasteiger partial charge is 0.329 e. The molecule has 20 heavy (non-hydrogen) atoms. The third-order valence-corrected chi connectivity index (χ3v) is 3.03. The summed E-state index contributed by atoms with van der Waals surface area (Å²) >= 11 is 0. The molecule has 1 aliphatic rings. The van der Waals surface area contributed by atoms with Crippen LogP contribution in [0.4, 0.5) is 0 Å². The lowest BCUT2D eigenvalue weighted by molar-refractivity contribution is -0.151. The molecule has 2 rings (SSSR count). The van der Waals surface area contributed by atoms with E-state index in [1.54, 1.807) is 6.08 Å². The molecule has 1 aromatic carbocycles. The molecular weight excluding hydrogens is 256 g/mol. The van der Waals surface area contributed by atoms with Gasteiger partial charge in [0.05, 0.1) is 0 Å². The Balaban J connectivity index is 2.19. The minimum absolute atomic E-state index is 0.215. The lowest BCUT2D eigenvalue weighted by Crippen LogP contribution is -2.34. The van der Waals surface area contributed by atoms with Crippen molar-refractivity contribution >= 4 is 23.6 Å². The van der Waals surface area contributed by atoms with Crippen LogP contribution in [0.3, 0.4) is 0 Å². The van der Waals surface area contributed by atoms with Gasteiger partial charge in [-0.2, -0.15) is 0 Å². The second-order valence-corrected chi connectivity index (χ2v) is 4.60. The highest BCUT2D eigenvalue weighted by molar-refractivity contribution is 6.25. The Bertz CT molecular complexity index is 638. The summed E-state index contributed by atoms with van der Waals surface area (Å²) < 4.78 is 4.81. The van der Waals surface area contributed by atoms with Crippen molar-refractivity contribution in [3.05, 3.63) is 53.3 Å². The standard InChI is InChI=1S/C16H14O4/c1-10-5-3-4-6-12(10)7-8-13(17)15-14(18)9-11(2)20-16(15)19/h3-9,15H,1-2H3. The zero-order valence-electron chi connectivity index (χ0n) is 11.3. The summed E-state index contributed by atoms with van der Waals surface area (Å²) in [6, 6.07) is 7.51. The summed E-state index contributed by atoms with van der Waals surface area (Å²) in [5, 5.41) is 0. The van der Waals surface area contributed by atoms with E-state index in [2.05, 4.69) is 0 Å². The second kappa shape index (κ2) is 5.65. The highest BCUT2D eigenvalue weighted by atomic mass is 16.5. The van der Waals surface area contributed by atoms with E-state index in [4.69, 9.17) is 4.74 Å². The molecule has 4 heteroatoms. The van der Waals surface area contributed by atoms with Gasteiger partial charge < -0.3 is 4.74 Å². The number of allylic oxidation sites excluding steroid dienone is 3. The Morgan fingerprint density at radius 2 is 1.90 bits per heavy atom. The van der Waals surface area contributed by atoms with E-state index in [1.807, 2.05) is 31.2 Å². The highest BCUT2D eigenvalue weighted by Crippen LogP contribution is 2.17. The van der Waals surface area contributed by atoms with E-state index in [1.165, 1.54) is 19.1 Å². The van der Waals surface area contributed by atoms with Gasteiger partial charge >= 0.3 is 5.97 Å². The molecule has 0 aromatic heterocycles. The van der Waals surface area contributed by atoms with Gasteiger partial charge in [-0.25, -0.2) is 0 Å². The van der Waals surface area contributed by atoms with Crippen LogP contribution < -0.4 is 0 Å². The van der Waals surface area contributed by atoms with Crippen molar-refractivity contribution in [3.63, 3.8) is 0 Å². The molecule has 0 aliphatic carbocycles. The highest BCUT2D eigenvalue weighted by Gasteiger charge is 2.36. The quantitative estimate of drug-likeness (QED) is 0.480. The Labute approximate surface area is 116 Å². The van der Waals surface area contributed by atoms with Crippen molar-refractivity contribution in [1.82, 2.24) is 0 Å². The third kappa shape index (κ3) is 2.91. The van der Waals surface area contributed by atoms with E-state index in [9.17, 15) is 14.4 Å². The van der Waals surface area contributed by atoms with E-state index in [0.717, 1.165) is 11.1 Å². The molecule has 0 bridgehead atoms. The normalized spacial score (nSPS) is 18.9. The number of hydrogen-bond donors (Lipinski definition) is 0. The van der Waals surface area contributed by atoms with Crippen LogP contribution >= 0.6 is 0 Å². The average Bonchev–Trinajstić information content (AvgIpc) is 2.36. The Kier molecular flexibility index (Phi) is 3.94. The molecule has 4 nitrogen and oxygen atoms in total. The molecule has 1 heterocycles. The fourth-order valence-corrected chi connectivity index (χ4v) is 1.95. The van der Waals surface area contributed by atoms with Crippen LogP contribution in [0.25, 0.3) is 6.08 Å². The summed E-state index contributed by atoms with van der Waals surface area (Å²) in [6.07, 6.45) is 4.02. The summed E-state index contributed by atoms with van der Waals surface area (Å²) in [7, 11) is 0. The summed E-state index contributed by atoms with van der Waals surface area (Å²) in [5.41, 5.74) is 1.87. The van der Waals surface area contributed by atoms with Crippen molar-refractivity contribution in [2.24, 2.45) is 5.92 Å². The average molecular weight is 270 g/mol. The van der Waals surface area contributed by atoms with Gasteiger partial charge in [-0.3, -0.25) is 14.4 Å². The van der Waals surface area contributed by atoms with Gasteiger partial charge in [0.25, 0.3) is 0 Å². The van der Waals surface area contributed by atoms with Crippen molar-refractivity contribution in [2.45, 2.75) is 13.8 Å². The van der Waals surface area contributed by atoms with Gasteiger partial charge in [0, 0.05) is 6.08 Å². The number of carbonyl (C=O) groups is 3. The monoisotopic (exact) mass is 270 g/mol. The van der Waals surface area contributed by atoms with Gasteiger partial charge in [-0.05, 0) is 31.1 Å². The summed E-state index contributed by atoms with van der Waals surface area (Å²) in [4.78, 5) is 35.3. The summed E-state index contributed by atoms with van der Waals surface area (Å²) in [5.74, 6) is -3.06. The molecule has 0 fully saturated rings. The predicted octanol–water partition coefficient (Wildman–Crippen LogP) is 2.22. The number of esters is 1. The van der Waals surface area contributed by atoms with Crippen LogP contribution in [0.1, 0.15) is 18.1 Å². The fraction of sp³-hybridized carbons (Fsp3) is 0.188. The molecule has 0 spiro atoms. The molecule has 0 radical (unpaired) electrons. The fourth-order valence-electron chi connectivity index (χ4n) is 1.95. The molecule has 1 aliphatic heterocycles. The van der Waals surface area contributed by atoms with Crippen LogP contribution in [0.15, 0.2) is 42.2 Å². The Hall–Kier alpha value is -2.49. The third-order valence-electron chi connectivity index (χ3n) is 3.03. The maximum atomic E-state index is 12.0. The maximum Gasteiger partial charge on any atom is 0.329 e. The largest absolute Gasteiger partial charge is 0.430 e. The van der Waals surface area contributed by atoms with Crippen molar-refractivity contribution < 1.29 is 19.1 Å². The van der Waals surface area contributed by atoms with E-state index < -0.39 is 23.5 Å². The van der Waals surface area contributed by atoms with Gasteiger partial charge in [-0.1, -0.05) is 30.3 Å². The molecule has 0 saturated heterocycles. The lowest BCUT2D eigenvalue weighted by atomic mass is 9.95. The van der Waals surface area contributed by atoms with Crippen LogP contribution in [0.5, 0.6) is 0 Å². The molecule has 0 N–H and O–H groups in total. The van der Waals surface area contributed by atoms with Gasteiger partial charge in [0.1, 0.15) is 5.76 Å². The molecule has 102 valence electrons. The number of hydrogen-bond acceptors (Lipinski definition) is 4. The first kappa shape index (κ1) is 13.9. The second-order valence-electron chi connectivity index (χ2n) is 4.60. The Morgan fingerprint density at radius 1 is 1.20 bits per heavy atom. The maximum absolute atomic E-state index is 12.0. The predicted molar refractivity (Wildman–Crippen MR) is 73.6 cm³/mol. The number of aryl methyl sites for hydroxylation is 1. The number of rotatable bonds is 3. The van der Waals surface area contributed by atoms with Crippen LogP contribution in [0.2, 0.25) is 0 Å². The Morgan fingerprint density at radius 3 is 2.55 bits per heavy atom. The number of ketones is 2. The van der Waals surface area contributed by atoms with Gasteiger partial charge in [0.15, 0.2) is 17.5 Å². The zero-order chi connectivity index (χ0) is 14.7. The minimum atomic E-state index is -1.38.